The Morgan fingerprint density at radius 2 is 1.60 bits per heavy atom. The van der Waals surface area contributed by atoms with Crippen molar-refractivity contribution in [2.24, 2.45) is 0 Å². The van der Waals surface area contributed by atoms with Crippen LogP contribution in [0.5, 0.6) is 0 Å². The van der Waals surface area contributed by atoms with Crippen molar-refractivity contribution in [1.29, 1.82) is 0 Å². The SMILES string of the molecule is Cc1ccc(C)c(N(CCCC(=O)N(Cc2ccccc2F)[C@H](Cc2ccccc2)C(=O)NC(C)(C)C)S(C)(=O)=O)c1. The van der Waals surface area contributed by atoms with Gasteiger partial charge in [-0.15, -0.1) is 0 Å². The fourth-order valence-corrected chi connectivity index (χ4v) is 5.80. The zero-order valence-electron chi connectivity index (χ0n) is 25.4. The Morgan fingerprint density at radius 1 is 0.952 bits per heavy atom. The second kappa shape index (κ2) is 14.0. The highest BCUT2D eigenvalue weighted by molar-refractivity contribution is 7.92. The van der Waals surface area contributed by atoms with Gasteiger partial charge in [-0.1, -0.05) is 60.7 Å². The van der Waals surface area contributed by atoms with Gasteiger partial charge in [0.1, 0.15) is 11.9 Å². The summed E-state index contributed by atoms with van der Waals surface area (Å²) in [5, 5.41) is 2.99. The molecule has 0 heterocycles. The van der Waals surface area contributed by atoms with Crippen LogP contribution in [0.2, 0.25) is 0 Å². The van der Waals surface area contributed by atoms with Crippen molar-refractivity contribution in [3.8, 4) is 0 Å². The summed E-state index contributed by atoms with van der Waals surface area (Å²) in [7, 11) is -3.63. The molecule has 0 aliphatic rings. The molecule has 1 N–H and O–H groups in total. The highest BCUT2D eigenvalue weighted by atomic mass is 32.2. The molecule has 3 aromatic rings. The van der Waals surface area contributed by atoms with Crippen LogP contribution >= 0.6 is 0 Å². The molecule has 3 aromatic carbocycles. The summed E-state index contributed by atoms with van der Waals surface area (Å²) in [6, 6.07) is 20.3. The summed E-state index contributed by atoms with van der Waals surface area (Å²) in [5.74, 6) is -1.18. The summed E-state index contributed by atoms with van der Waals surface area (Å²) < 4.78 is 41.6. The van der Waals surface area contributed by atoms with E-state index in [0.717, 1.165) is 22.9 Å². The van der Waals surface area contributed by atoms with Gasteiger partial charge in [0.05, 0.1) is 11.9 Å². The molecule has 0 saturated heterocycles. The van der Waals surface area contributed by atoms with E-state index in [9.17, 15) is 22.4 Å². The van der Waals surface area contributed by atoms with E-state index in [0.29, 0.717) is 11.3 Å². The summed E-state index contributed by atoms with van der Waals surface area (Å²) in [6.07, 6.45) is 1.57. The van der Waals surface area contributed by atoms with E-state index in [2.05, 4.69) is 5.32 Å². The maximum atomic E-state index is 14.8. The van der Waals surface area contributed by atoms with Gasteiger partial charge < -0.3 is 10.2 Å². The van der Waals surface area contributed by atoms with Crippen LogP contribution in [0.3, 0.4) is 0 Å². The van der Waals surface area contributed by atoms with Crippen LogP contribution in [-0.4, -0.2) is 49.5 Å². The number of hydrogen-bond donors (Lipinski definition) is 1. The molecule has 3 rings (SSSR count). The number of hydrogen-bond acceptors (Lipinski definition) is 4. The van der Waals surface area contributed by atoms with Gasteiger partial charge in [0.15, 0.2) is 0 Å². The molecule has 0 bridgehead atoms. The van der Waals surface area contributed by atoms with Crippen molar-refractivity contribution in [3.63, 3.8) is 0 Å². The number of benzene rings is 3. The van der Waals surface area contributed by atoms with E-state index in [4.69, 9.17) is 0 Å². The summed E-state index contributed by atoms with van der Waals surface area (Å²) in [5.41, 5.74) is 2.89. The first-order chi connectivity index (χ1) is 19.7. The second-order valence-electron chi connectivity index (χ2n) is 11.8. The lowest BCUT2D eigenvalue weighted by Crippen LogP contribution is -2.54. The number of nitrogens with one attached hydrogen (secondary N) is 1. The molecule has 7 nitrogen and oxygen atoms in total. The van der Waals surface area contributed by atoms with Gasteiger partial charge in [0, 0.05) is 37.0 Å². The summed E-state index contributed by atoms with van der Waals surface area (Å²) in [6.45, 7) is 9.30. The van der Waals surface area contributed by atoms with Crippen LogP contribution in [-0.2, 0) is 32.6 Å². The number of amides is 2. The van der Waals surface area contributed by atoms with Gasteiger partial charge in [-0.25, -0.2) is 12.8 Å². The Hall–Kier alpha value is -3.72. The zero-order chi connectivity index (χ0) is 31.1. The predicted molar refractivity (Wildman–Crippen MR) is 166 cm³/mol. The van der Waals surface area contributed by atoms with Gasteiger partial charge in [-0.05, 0) is 69.9 Å². The lowest BCUT2D eigenvalue weighted by atomic mass is 10.00. The molecule has 1 atom stereocenters. The van der Waals surface area contributed by atoms with Gasteiger partial charge in [0.2, 0.25) is 21.8 Å². The topological polar surface area (TPSA) is 86.8 Å². The molecule has 226 valence electrons. The van der Waals surface area contributed by atoms with Gasteiger partial charge in [0.25, 0.3) is 0 Å². The number of carbonyl (C=O) groups is 2. The predicted octanol–water partition coefficient (Wildman–Crippen LogP) is 5.54. The molecule has 9 heteroatoms. The number of anilines is 1. The fraction of sp³-hybridized carbons (Fsp3) is 0.394. The van der Waals surface area contributed by atoms with Crippen molar-refractivity contribution in [2.45, 2.75) is 72.0 Å². The molecule has 0 spiro atoms. The molecular formula is C33H42FN3O4S. The first kappa shape index (κ1) is 32.8. The van der Waals surface area contributed by atoms with Crippen LogP contribution in [0.25, 0.3) is 0 Å². The lowest BCUT2D eigenvalue weighted by molar-refractivity contribution is -0.142. The van der Waals surface area contributed by atoms with Crippen LogP contribution in [0.4, 0.5) is 10.1 Å². The normalized spacial score (nSPS) is 12.5. The van der Waals surface area contributed by atoms with Crippen molar-refractivity contribution in [1.82, 2.24) is 10.2 Å². The number of rotatable bonds is 12. The molecule has 0 saturated carbocycles. The molecule has 0 unspecified atom stereocenters. The lowest BCUT2D eigenvalue weighted by Gasteiger charge is -2.34. The third kappa shape index (κ3) is 9.41. The molecule has 0 radical (unpaired) electrons. The van der Waals surface area contributed by atoms with E-state index < -0.39 is 27.4 Å². The van der Waals surface area contributed by atoms with Gasteiger partial charge >= 0.3 is 0 Å². The van der Waals surface area contributed by atoms with Gasteiger partial charge in [-0.3, -0.25) is 13.9 Å². The zero-order valence-corrected chi connectivity index (χ0v) is 26.2. The highest BCUT2D eigenvalue weighted by Gasteiger charge is 2.32. The van der Waals surface area contributed by atoms with Crippen molar-refractivity contribution in [2.75, 3.05) is 17.1 Å². The van der Waals surface area contributed by atoms with E-state index in [1.807, 2.05) is 83.1 Å². The Morgan fingerprint density at radius 3 is 2.21 bits per heavy atom. The number of nitrogens with zero attached hydrogens (tertiary/aromatic N) is 2. The standard InChI is InChI=1S/C33H42FN3O4S/c1-24-18-19-25(2)29(21-24)37(42(6,40)41)20-12-17-31(38)36(23-27-15-10-11-16-28(27)34)30(32(39)35-33(3,4)5)22-26-13-8-7-9-14-26/h7-11,13-16,18-19,21,30H,12,17,20,22-23H2,1-6H3,(H,35,39)/t30-/m1/s1. The molecule has 0 aromatic heterocycles. The van der Waals surface area contributed by atoms with Crippen LogP contribution in [0.1, 0.15) is 55.9 Å². The molecular weight excluding hydrogens is 553 g/mol. The average molecular weight is 596 g/mol. The maximum Gasteiger partial charge on any atom is 0.243 e. The Kier molecular flexibility index (Phi) is 10.9. The number of halogens is 1. The summed E-state index contributed by atoms with van der Waals surface area (Å²) in [4.78, 5) is 29.0. The molecule has 0 fully saturated rings. The van der Waals surface area contributed by atoms with E-state index >= 15 is 0 Å². The van der Waals surface area contributed by atoms with Crippen molar-refractivity contribution in [3.05, 3.63) is 101 Å². The first-order valence-corrected chi connectivity index (χ1v) is 15.9. The number of aryl methyl sites for hydroxylation is 2. The average Bonchev–Trinajstić information content (AvgIpc) is 2.90. The Balaban J connectivity index is 1.93. The van der Waals surface area contributed by atoms with Gasteiger partial charge in [-0.2, -0.15) is 0 Å². The number of sulfonamides is 1. The van der Waals surface area contributed by atoms with Crippen LogP contribution in [0.15, 0.2) is 72.8 Å². The highest BCUT2D eigenvalue weighted by Crippen LogP contribution is 2.25. The third-order valence-corrected chi connectivity index (χ3v) is 8.03. The fourth-order valence-electron chi connectivity index (χ4n) is 4.79. The minimum Gasteiger partial charge on any atom is -0.350 e. The van der Waals surface area contributed by atoms with Crippen molar-refractivity contribution >= 4 is 27.5 Å². The molecule has 0 aliphatic heterocycles. The molecule has 42 heavy (non-hydrogen) atoms. The van der Waals surface area contributed by atoms with Crippen molar-refractivity contribution < 1.29 is 22.4 Å². The Labute approximate surface area is 249 Å². The minimum absolute atomic E-state index is 0.0283. The molecule has 2 amide bonds. The number of carbonyl (C=O) groups excluding carboxylic acids is 2. The van der Waals surface area contributed by atoms with E-state index in [1.54, 1.807) is 18.2 Å². The Bertz CT molecular complexity index is 1490. The largest absolute Gasteiger partial charge is 0.350 e. The monoisotopic (exact) mass is 595 g/mol. The quantitative estimate of drug-likeness (QED) is 0.298. The molecule has 0 aliphatic carbocycles. The van der Waals surface area contributed by atoms with E-state index in [1.165, 1.54) is 15.3 Å². The third-order valence-electron chi connectivity index (χ3n) is 6.85. The van der Waals surface area contributed by atoms with Crippen LogP contribution < -0.4 is 9.62 Å². The second-order valence-corrected chi connectivity index (χ2v) is 13.7. The first-order valence-electron chi connectivity index (χ1n) is 14.1. The van der Waals surface area contributed by atoms with Crippen LogP contribution in [0, 0.1) is 19.7 Å². The van der Waals surface area contributed by atoms with E-state index in [-0.39, 0.29) is 44.2 Å². The maximum absolute atomic E-state index is 14.8. The minimum atomic E-state index is -3.63. The smallest absolute Gasteiger partial charge is 0.243 e. The summed E-state index contributed by atoms with van der Waals surface area (Å²) >= 11 is 0.